The van der Waals surface area contributed by atoms with Crippen LogP contribution < -0.4 is 4.74 Å². The number of hydrogen-bond acceptors (Lipinski definition) is 5. The second-order valence-electron chi connectivity index (χ2n) is 10.5. The smallest absolute Gasteiger partial charge is 0.410 e. The number of fused-ring (bicyclic) bond motifs is 1. The number of ether oxygens (including phenoxy) is 2. The van der Waals surface area contributed by atoms with E-state index in [1.807, 2.05) is 63.4 Å². The fourth-order valence-electron chi connectivity index (χ4n) is 4.85. The molecule has 0 unspecified atom stereocenters. The maximum absolute atomic E-state index is 12.8. The summed E-state index contributed by atoms with van der Waals surface area (Å²) in [6, 6.07) is 16.1. The largest absolute Gasteiger partial charge is 0.489 e. The number of hydrogen-bond donors (Lipinski definition) is 1. The number of pyridine rings is 2. The molecule has 7 nitrogen and oxygen atoms in total. The topological polar surface area (TPSA) is 80.3 Å². The molecule has 4 aromatic rings. The second kappa shape index (κ2) is 9.64. The highest BCUT2D eigenvalue weighted by atomic mass is 16.6. The lowest BCUT2D eigenvalue weighted by Crippen LogP contribution is -2.42. The van der Waals surface area contributed by atoms with Gasteiger partial charge in [0.05, 0.1) is 29.0 Å². The number of aromatic amines is 1. The van der Waals surface area contributed by atoms with Gasteiger partial charge >= 0.3 is 6.09 Å². The Bertz CT molecular complexity index is 1360. The first-order chi connectivity index (χ1) is 17.3. The number of nitrogens with zero attached hydrogens (tertiary/aromatic N) is 3. The van der Waals surface area contributed by atoms with Crippen LogP contribution in [0, 0.1) is 5.92 Å². The Balaban J connectivity index is 1.46. The van der Waals surface area contributed by atoms with Crippen LogP contribution in [0.15, 0.2) is 67.1 Å². The van der Waals surface area contributed by atoms with E-state index in [-0.39, 0.29) is 12.1 Å². The van der Waals surface area contributed by atoms with Gasteiger partial charge in [-0.15, -0.1) is 0 Å². The summed E-state index contributed by atoms with van der Waals surface area (Å²) in [5.74, 6) is 1.04. The third kappa shape index (κ3) is 4.91. The fraction of sp³-hybridized carbons (Fsp3) is 0.345. The van der Waals surface area contributed by atoms with Crippen LogP contribution in [0.5, 0.6) is 5.75 Å². The molecule has 1 aromatic carbocycles. The summed E-state index contributed by atoms with van der Waals surface area (Å²) in [7, 11) is 0. The average Bonchev–Trinajstić information content (AvgIpc) is 3.43. The highest BCUT2D eigenvalue weighted by Gasteiger charge is 2.36. The van der Waals surface area contributed by atoms with Gasteiger partial charge < -0.3 is 19.4 Å². The minimum absolute atomic E-state index is 0.0686. The average molecular weight is 485 g/mol. The minimum atomic E-state index is -0.539. The van der Waals surface area contributed by atoms with E-state index in [0.717, 1.165) is 39.8 Å². The molecule has 1 aliphatic heterocycles. The Labute approximate surface area is 211 Å². The van der Waals surface area contributed by atoms with Crippen molar-refractivity contribution >= 4 is 17.1 Å². The summed E-state index contributed by atoms with van der Waals surface area (Å²) in [4.78, 5) is 27.2. The Hall–Kier alpha value is -3.87. The van der Waals surface area contributed by atoms with E-state index in [9.17, 15) is 4.79 Å². The maximum atomic E-state index is 12.8. The van der Waals surface area contributed by atoms with Gasteiger partial charge in [-0.05, 0) is 56.9 Å². The van der Waals surface area contributed by atoms with Crippen molar-refractivity contribution in [3.63, 3.8) is 0 Å². The van der Waals surface area contributed by atoms with Crippen LogP contribution in [0.4, 0.5) is 4.79 Å². The van der Waals surface area contributed by atoms with Gasteiger partial charge in [0.25, 0.3) is 0 Å². The molecule has 0 radical (unpaired) electrons. The van der Waals surface area contributed by atoms with Crippen LogP contribution >= 0.6 is 0 Å². The van der Waals surface area contributed by atoms with E-state index in [4.69, 9.17) is 9.47 Å². The molecule has 0 bridgehead atoms. The number of H-pyrrole nitrogens is 1. The quantitative estimate of drug-likeness (QED) is 0.359. The number of carbonyl (C=O) groups is 1. The van der Waals surface area contributed by atoms with Gasteiger partial charge in [0.15, 0.2) is 0 Å². The summed E-state index contributed by atoms with van der Waals surface area (Å²) in [5, 5.41) is 0. The standard InChI is InChI=1S/C29H32N4O3/c1-19-15-21(33(17-19)28(34)36-29(2,3)4)18-35-24-16-30-14-12-22(24)26-25(20-9-6-5-7-10-20)27-23(32-26)11-8-13-31-27/h5-14,16,19,21,32H,15,17-18H2,1-4H3/t19-,21-/m0/s1. The van der Waals surface area contributed by atoms with Crippen molar-refractivity contribution in [2.24, 2.45) is 5.92 Å². The fourth-order valence-corrected chi connectivity index (χ4v) is 4.85. The van der Waals surface area contributed by atoms with Crippen molar-refractivity contribution in [2.45, 2.75) is 45.8 Å². The van der Waals surface area contributed by atoms with Gasteiger partial charge in [0, 0.05) is 30.1 Å². The number of aromatic nitrogens is 3. The molecule has 7 heteroatoms. The zero-order valence-corrected chi connectivity index (χ0v) is 21.2. The van der Waals surface area contributed by atoms with Gasteiger partial charge in [0.2, 0.25) is 0 Å². The van der Waals surface area contributed by atoms with E-state index in [0.29, 0.717) is 24.8 Å². The van der Waals surface area contributed by atoms with Crippen LogP contribution in [0.1, 0.15) is 34.1 Å². The van der Waals surface area contributed by atoms with Gasteiger partial charge in [-0.3, -0.25) is 9.97 Å². The van der Waals surface area contributed by atoms with Crippen molar-refractivity contribution in [3.05, 3.63) is 67.1 Å². The minimum Gasteiger partial charge on any atom is -0.489 e. The zero-order chi connectivity index (χ0) is 25.3. The number of likely N-dealkylation sites (tertiary alicyclic amines) is 1. The number of rotatable bonds is 5. The third-order valence-electron chi connectivity index (χ3n) is 6.35. The zero-order valence-electron chi connectivity index (χ0n) is 21.2. The van der Waals surface area contributed by atoms with Gasteiger partial charge in [-0.25, -0.2) is 4.79 Å². The third-order valence-corrected chi connectivity index (χ3v) is 6.35. The number of nitrogens with one attached hydrogen (secondary N) is 1. The van der Waals surface area contributed by atoms with Gasteiger partial charge in [-0.2, -0.15) is 0 Å². The molecule has 3 aromatic heterocycles. The Morgan fingerprint density at radius 1 is 1.11 bits per heavy atom. The van der Waals surface area contributed by atoms with Crippen molar-refractivity contribution < 1.29 is 14.3 Å². The molecule has 0 spiro atoms. The van der Waals surface area contributed by atoms with E-state index in [1.165, 1.54) is 0 Å². The SMILES string of the molecule is C[C@H]1C[C@@H](COc2cnccc2-c2[nH]c3cccnc3c2-c2ccccc2)N(C(=O)OC(C)(C)C)C1. The molecule has 1 fully saturated rings. The van der Waals surface area contributed by atoms with E-state index in [2.05, 4.69) is 34.0 Å². The first-order valence-electron chi connectivity index (χ1n) is 12.4. The van der Waals surface area contributed by atoms with E-state index < -0.39 is 5.60 Å². The normalized spacial score (nSPS) is 17.9. The van der Waals surface area contributed by atoms with Gasteiger partial charge in [0.1, 0.15) is 18.0 Å². The Morgan fingerprint density at radius 3 is 2.69 bits per heavy atom. The van der Waals surface area contributed by atoms with Crippen LogP contribution in [-0.4, -0.2) is 50.7 Å². The summed E-state index contributed by atoms with van der Waals surface area (Å²) in [6.07, 6.45) is 5.88. The van der Waals surface area contributed by atoms with Crippen molar-refractivity contribution in [1.29, 1.82) is 0 Å². The summed E-state index contributed by atoms with van der Waals surface area (Å²) >= 11 is 0. The summed E-state index contributed by atoms with van der Waals surface area (Å²) in [5.41, 5.74) is 5.24. The predicted molar refractivity (Wildman–Crippen MR) is 141 cm³/mol. The lowest BCUT2D eigenvalue weighted by molar-refractivity contribution is 0.0184. The molecule has 2 atom stereocenters. The molecule has 4 heterocycles. The van der Waals surface area contributed by atoms with Crippen LogP contribution in [0.2, 0.25) is 0 Å². The lowest BCUT2D eigenvalue weighted by atomic mass is 10.0. The Kier molecular flexibility index (Phi) is 6.39. The van der Waals surface area contributed by atoms with Crippen LogP contribution in [0.25, 0.3) is 33.4 Å². The van der Waals surface area contributed by atoms with Crippen molar-refractivity contribution in [3.8, 4) is 28.1 Å². The highest BCUT2D eigenvalue weighted by Crippen LogP contribution is 2.40. The molecule has 1 saturated heterocycles. The molecule has 1 amide bonds. The molecule has 1 aliphatic rings. The monoisotopic (exact) mass is 484 g/mol. The van der Waals surface area contributed by atoms with Crippen LogP contribution in [-0.2, 0) is 4.74 Å². The second-order valence-corrected chi connectivity index (χ2v) is 10.5. The van der Waals surface area contributed by atoms with E-state index >= 15 is 0 Å². The summed E-state index contributed by atoms with van der Waals surface area (Å²) in [6.45, 7) is 8.83. The van der Waals surface area contributed by atoms with Crippen LogP contribution in [0.3, 0.4) is 0 Å². The Morgan fingerprint density at radius 2 is 1.92 bits per heavy atom. The lowest BCUT2D eigenvalue weighted by Gasteiger charge is -2.28. The number of benzene rings is 1. The van der Waals surface area contributed by atoms with Crippen molar-refractivity contribution in [1.82, 2.24) is 19.9 Å². The number of carbonyl (C=O) groups excluding carboxylic acids is 1. The maximum Gasteiger partial charge on any atom is 0.410 e. The molecule has 36 heavy (non-hydrogen) atoms. The molecule has 1 N–H and O–H groups in total. The first-order valence-corrected chi connectivity index (χ1v) is 12.4. The molecule has 0 saturated carbocycles. The molecule has 5 rings (SSSR count). The molecule has 0 aliphatic carbocycles. The van der Waals surface area contributed by atoms with Gasteiger partial charge in [-0.1, -0.05) is 37.3 Å². The summed E-state index contributed by atoms with van der Waals surface area (Å²) < 4.78 is 12.0. The number of amides is 1. The molecule has 186 valence electrons. The molecular formula is C29H32N4O3. The molecular weight excluding hydrogens is 452 g/mol. The van der Waals surface area contributed by atoms with Crippen molar-refractivity contribution in [2.75, 3.05) is 13.2 Å². The highest BCUT2D eigenvalue weighted by molar-refractivity contribution is 6.02. The van der Waals surface area contributed by atoms with E-state index in [1.54, 1.807) is 17.3 Å². The first kappa shape index (κ1) is 23.9. The predicted octanol–water partition coefficient (Wildman–Crippen LogP) is 6.32.